The molecule has 0 saturated carbocycles. The zero-order valence-electron chi connectivity index (χ0n) is 12.0. The molecule has 6 nitrogen and oxygen atoms in total. The number of benzene rings is 1. The van der Waals surface area contributed by atoms with Crippen molar-refractivity contribution in [3.8, 4) is 6.07 Å². The maximum absolute atomic E-state index is 11.8. The zero-order chi connectivity index (χ0) is 15.7. The van der Waals surface area contributed by atoms with E-state index in [1.807, 2.05) is 0 Å². The van der Waals surface area contributed by atoms with Crippen LogP contribution >= 0.6 is 0 Å². The number of aliphatic carboxylic acids is 1. The van der Waals surface area contributed by atoms with Crippen molar-refractivity contribution in [2.75, 3.05) is 25.5 Å². The Morgan fingerprint density at radius 3 is 2.57 bits per heavy atom. The third-order valence-electron chi connectivity index (χ3n) is 2.86. The fourth-order valence-corrected chi connectivity index (χ4v) is 1.82. The number of rotatable bonds is 8. The first-order valence-electron chi connectivity index (χ1n) is 6.67. The van der Waals surface area contributed by atoms with Gasteiger partial charge in [0, 0.05) is 12.1 Å². The lowest BCUT2D eigenvalue weighted by Gasteiger charge is -2.15. The highest BCUT2D eigenvalue weighted by molar-refractivity contribution is 5.92. The van der Waals surface area contributed by atoms with E-state index in [0.717, 1.165) is 5.56 Å². The van der Waals surface area contributed by atoms with Gasteiger partial charge in [-0.1, -0.05) is 12.1 Å². The van der Waals surface area contributed by atoms with Gasteiger partial charge in [-0.05, 0) is 37.7 Å². The predicted molar refractivity (Wildman–Crippen MR) is 78.8 cm³/mol. The molecule has 0 saturated heterocycles. The number of nitrogens with one attached hydrogen (secondary N) is 1. The first kappa shape index (κ1) is 16.7. The van der Waals surface area contributed by atoms with Crippen LogP contribution in [0.4, 0.5) is 5.69 Å². The molecule has 0 aromatic heterocycles. The van der Waals surface area contributed by atoms with Crippen LogP contribution in [-0.2, 0) is 16.0 Å². The number of nitrogens with zero attached hydrogens (tertiary/aromatic N) is 2. The van der Waals surface area contributed by atoms with Gasteiger partial charge in [0.25, 0.3) is 0 Å². The summed E-state index contributed by atoms with van der Waals surface area (Å²) in [4.78, 5) is 24.0. The molecule has 6 heteroatoms. The molecular weight excluding hydrogens is 270 g/mol. The summed E-state index contributed by atoms with van der Waals surface area (Å²) in [7, 11) is 1.78. The maximum atomic E-state index is 11.8. The molecule has 1 amide bonds. The molecule has 1 rings (SSSR count). The molecule has 21 heavy (non-hydrogen) atoms. The van der Waals surface area contributed by atoms with Gasteiger partial charge in [-0.15, -0.1) is 0 Å². The van der Waals surface area contributed by atoms with Gasteiger partial charge in [0.2, 0.25) is 5.91 Å². The van der Waals surface area contributed by atoms with E-state index in [4.69, 9.17) is 10.4 Å². The summed E-state index contributed by atoms with van der Waals surface area (Å²) in [5, 5.41) is 19.9. The summed E-state index contributed by atoms with van der Waals surface area (Å²) >= 11 is 0. The highest BCUT2D eigenvalue weighted by Gasteiger charge is 2.07. The molecule has 0 atom stereocenters. The molecular formula is C15H19N3O3. The number of hydrogen-bond acceptors (Lipinski definition) is 4. The first-order valence-corrected chi connectivity index (χ1v) is 6.67. The minimum atomic E-state index is -0.828. The summed E-state index contributed by atoms with van der Waals surface area (Å²) in [6.07, 6.45) is 0.967. The van der Waals surface area contributed by atoms with E-state index in [-0.39, 0.29) is 18.9 Å². The standard InChI is InChI=1S/C15H19N3O3/c1-18(10-2-3-15(20)21)11-14(19)17-13-6-4-12(5-7-13)8-9-16/h4-7H,2-3,8,10-11H2,1H3,(H,17,19)(H,20,21). The van der Waals surface area contributed by atoms with Gasteiger partial charge in [0.1, 0.15) is 0 Å². The van der Waals surface area contributed by atoms with Crippen LogP contribution in [0.3, 0.4) is 0 Å². The van der Waals surface area contributed by atoms with Gasteiger partial charge in [-0.2, -0.15) is 5.26 Å². The third-order valence-corrected chi connectivity index (χ3v) is 2.86. The lowest BCUT2D eigenvalue weighted by Crippen LogP contribution is -2.31. The summed E-state index contributed by atoms with van der Waals surface area (Å²) in [5.41, 5.74) is 1.59. The Hall–Kier alpha value is -2.39. The Balaban J connectivity index is 2.35. The van der Waals surface area contributed by atoms with Crippen LogP contribution in [0.15, 0.2) is 24.3 Å². The highest BCUT2D eigenvalue weighted by Crippen LogP contribution is 2.09. The SMILES string of the molecule is CN(CCCC(=O)O)CC(=O)Nc1ccc(CC#N)cc1. The number of carbonyl (C=O) groups excluding carboxylic acids is 1. The second-order valence-corrected chi connectivity index (χ2v) is 4.82. The van der Waals surface area contributed by atoms with Gasteiger partial charge < -0.3 is 10.4 Å². The molecule has 0 aliphatic carbocycles. The molecule has 0 aliphatic heterocycles. The fraction of sp³-hybridized carbons (Fsp3) is 0.400. The van der Waals surface area contributed by atoms with Crippen molar-refractivity contribution in [3.63, 3.8) is 0 Å². The Morgan fingerprint density at radius 2 is 2.00 bits per heavy atom. The van der Waals surface area contributed by atoms with E-state index in [2.05, 4.69) is 11.4 Å². The number of likely N-dealkylation sites (N-methyl/N-ethyl adjacent to an activating group) is 1. The number of carboxylic acids is 1. The van der Waals surface area contributed by atoms with Crippen LogP contribution in [0.1, 0.15) is 18.4 Å². The van der Waals surface area contributed by atoms with E-state index in [0.29, 0.717) is 25.1 Å². The lowest BCUT2D eigenvalue weighted by molar-refractivity contribution is -0.137. The smallest absolute Gasteiger partial charge is 0.303 e. The highest BCUT2D eigenvalue weighted by atomic mass is 16.4. The Bertz CT molecular complexity index is 520. The van der Waals surface area contributed by atoms with Crippen molar-refractivity contribution >= 4 is 17.6 Å². The number of carbonyl (C=O) groups is 2. The van der Waals surface area contributed by atoms with Gasteiger partial charge in [-0.25, -0.2) is 0 Å². The normalized spacial score (nSPS) is 10.1. The van der Waals surface area contributed by atoms with Gasteiger partial charge in [0.05, 0.1) is 19.0 Å². The zero-order valence-corrected chi connectivity index (χ0v) is 12.0. The number of hydrogen-bond donors (Lipinski definition) is 2. The molecule has 2 N–H and O–H groups in total. The largest absolute Gasteiger partial charge is 0.481 e. The topological polar surface area (TPSA) is 93.4 Å². The summed E-state index contributed by atoms with van der Waals surface area (Å²) in [6.45, 7) is 0.764. The van der Waals surface area contributed by atoms with Crippen molar-refractivity contribution in [2.45, 2.75) is 19.3 Å². The second kappa shape index (κ2) is 8.72. The van der Waals surface area contributed by atoms with Crippen LogP contribution in [0.2, 0.25) is 0 Å². The summed E-state index contributed by atoms with van der Waals surface area (Å²) < 4.78 is 0. The molecule has 0 radical (unpaired) electrons. The van der Waals surface area contributed by atoms with Crippen molar-refractivity contribution in [1.29, 1.82) is 5.26 Å². The van der Waals surface area contributed by atoms with Crippen LogP contribution in [-0.4, -0.2) is 42.0 Å². The molecule has 0 aliphatic rings. The second-order valence-electron chi connectivity index (χ2n) is 4.82. The van der Waals surface area contributed by atoms with E-state index in [1.165, 1.54) is 0 Å². The van der Waals surface area contributed by atoms with Gasteiger partial charge in [0.15, 0.2) is 0 Å². The van der Waals surface area contributed by atoms with Crippen molar-refractivity contribution in [3.05, 3.63) is 29.8 Å². The van der Waals surface area contributed by atoms with E-state index >= 15 is 0 Å². The number of nitriles is 1. The minimum Gasteiger partial charge on any atom is -0.481 e. The average Bonchev–Trinajstić information content (AvgIpc) is 2.40. The molecule has 112 valence electrons. The van der Waals surface area contributed by atoms with Crippen molar-refractivity contribution in [2.24, 2.45) is 0 Å². The van der Waals surface area contributed by atoms with Crippen molar-refractivity contribution < 1.29 is 14.7 Å². The van der Waals surface area contributed by atoms with E-state index < -0.39 is 5.97 Å². The summed E-state index contributed by atoms with van der Waals surface area (Å²) in [6, 6.07) is 9.18. The van der Waals surface area contributed by atoms with Gasteiger partial charge >= 0.3 is 5.97 Å². The average molecular weight is 289 g/mol. The molecule has 0 bridgehead atoms. The van der Waals surface area contributed by atoms with E-state index in [9.17, 15) is 9.59 Å². The molecule has 0 heterocycles. The first-order chi connectivity index (χ1) is 10.0. The molecule has 0 unspecified atom stereocenters. The molecule has 1 aromatic carbocycles. The Morgan fingerprint density at radius 1 is 1.33 bits per heavy atom. The number of anilines is 1. The van der Waals surface area contributed by atoms with Crippen LogP contribution in [0.25, 0.3) is 0 Å². The van der Waals surface area contributed by atoms with Crippen LogP contribution < -0.4 is 5.32 Å². The Labute approximate surface area is 124 Å². The monoisotopic (exact) mass is 289 g/mol. The fourth-order valence-electron chi connectivity index (χ4n) is 1.82. The van der Waals surface area contributed by atoms with Gasteiger partial charge in [-0.3, -0.25) is 14.5 Å². The van der Waals surface area contributed by atoms with E-state index in [1.54, 1.807) is 36.2 Å². The quantitative estimate of drug-likeness (QED) is 0.756. The Kier molecular flexibility index (Phi) is 6.92. The number of carboxylic acid groups (broad SMARTS) is 1. The maximum Gasteiger partial charge on any atom is 0.303 e. The predicted octanol–water partition coefficient (Wildman–Crippen LogP) is 1.49. The summed E-state index contributed by atoms with van der Waals surface area (Å²) in [5.74, 6) is -0.980. The van der Waals surface area contributed by atoms with Crippen LogP contribution in [0, 0.1) is 11.3 Å². The molecule has 0 spiro atoms. The van der Waals surface area contributed by atoms with Crippen molar-refractivity contribution in [1.82, 2.24) is 4.90 Å². The molecule has 0 fully saturated rings. The lowest BCUT2D eigenvalue weighted by atomic mass is 10.1. The third kappa shape index (κ3) is 7.09. The van der Waals surface area contributed by atoms with Crippen LogP contribution in [0.5, 0.6) is 0 Å². The number of amides is 1. The molecule has 1 aromatic rings. The minimum absolute atomic E-state index is 0.103.